The van der Waals surface area contributed by atoms with E-state index in [1.165, 1.54) is 0 Å². The molecule has 1 atom stereocenters. The van der Waals surface area contributed by atoms with E-state index in [4.69, 9.17) is 9.57 Å². The second-order valence-corrected chi connectivity index (χ2v) is 7.80. The molecule has 2 aliphatic rings. The first kappa shape index (κ1) is 19.5. The van der Waals surface area contributed by atoms with Crippen molar-refractivity contribution in [2.24, 2.45) is 0 Å². The summed E-state index contributed by atoms with van der Waals surface area (Å²) >= 11 is 0. The molecule has 1 aromatic heterocycles. The summed E-state index contributed by atoms with van der Waals surface area (Å²) in [5.74, 6) is -0.0657. The molecule has 1 fully saturated rings. The fourth-order valence-corrected chi connectivity index (χ4v) is 3.76. The van der Waals surface area contributed by atoms with E-state index in [0.29, 0.717) is 42.2 Å². The standard InChI is InChI=1S/C21H27N4O4/c1-16-13-24-18(20(19(16)26)29-14-17-7-5-4-6-8-17)21(27)22-9-11-25(2,28-3)12-10-23(24)15-22/h4-8,13H,9-12,14-15H2,1-3H3/q+1. The molecule has 2 aromatic rings. The zero-order valence-corrected chi connectivity index (χ0v) is 17.1. The Bertz CT molecular complexity index is 975. The Balaban J connectivity index is 1.74. The maximum atomic E-state index is 13.3. The van der Waals surface area contributed by atoms with E-state index in [1.807, 2.05) is 37.4 Å². The van der Waals surface area contributed by atoms with Crippen molar-refractivity contribution in [3.63, 3.8) is 0 Å². The van der Waals surface area contributed by atoms with Crippen LogP contribution in [0, 0.1) is 6.92 Å². The Morgan fingerprint density at radius 1 is 1.10 bits per heavy atom. The van der Waals surface area contributed by atoms with Crippen molar-refractivity contribution in [1.82, 2.24) is 9.58 Å². The molecule has 154 valence electrons. The Kier molecular flexibility index (Phi) is 5.06. The Labute approximate surface area is 170 Å². The van der Waals surface area contributed by atoms with Gasteiger partial charge in [0.05, 0.1) is 27.2 Å². The number of benzene rings is 1. The lowest BCUT2D eigenvalue weighted by Gasteiger charge is -2.44. The first-order valence-electron chi connectivity index (χ1n) is 9.79. The van der Waals surface area contributed by atoms with E-state index >= 15 is 0 Å². The van der Waals surface area contributed by atoms with E-state index in [0.717, 1.165) is 12.1 Å². The second-order valence-electron chi connectivity index (χ2n) is 7.80. The number of hydroxylamine groups is 3. The van der Waals surface area contributed by atoms with Gasteiger partial charge < -0.3 is 9.64 Å². The molecular formula is C21H27N4O4+. The monoisotopic (exact) mass is 399 g/mol. The molecule has 0 aliphatic carbocycles. The summed E-state index contributed by atoms with van der Waals surface area (Å²) in [5.41, 5.74) is 1.55. The van der Waals surface area contributed by atoms with Crippen LogP contribution in [0.5, 0.6) is 5.75 Å². The lowest BCUT2D eigenvalue weighted by Crippen LogP contribution is -2.62. The van der Waals surface area contributed by atoms with Crippen molar-refractivity contribution >= 4 is 5.91 Å². The van der Waals surface area contributed by atoms with Crippen molar-refractivity contribution in [1.29, 1.82) is 0 Å². The van der Waals surface area contributed by atoms with Gasteiger partial charge in [0, 0.05) is 11.8 Å². The van der Waals surface area contributed by atoms with Crippen LogP contribution in [0.3, 0.4) is 0 Å². The molecule has 0 spiro atoms. The number of carbonyl (C=O) groups excluding carboxylic acids is 1. The van der Waals surface area contributed by atoms with Gasteiger partial charge in [-0.1, -0.05) is 30.3 Å². The number of amides is 1. The normalized spacial score (nSPS) is 21.4. The van der Waals surface area contributed by atoms with Gasteiger partial charge in [0.15, 0.2) is 11.4 Å². The van der Waals surface area contributed by atoms with Crippen LogP contribution >= 0.6 is 0 Å². The molecule has 8 heteroatoms. The van der Waals surface area contributed by atoms with Gasteiger partial charge in [-0.15, -0.1) is 0 Å². The van der Waals surface area contributed by atoms with Gasteiger partial charge in [-0.2, -0.15) is 4.65 Å². The third-order valence-corrected chi connectivity index (χ3v) is 5.79. The minimum atomic E-state index is -0.239. The molecule has 1 unspecified atom stereocenters. The zero-order valence-electron chi connectivity index (χ0n) is 17.1. The van der Waals surface area contributed by atoms with Gasteiger partial charge in [0.25, 0.3) is 5.91 Å². The van der Waals surface area contributed by atoms with Crippen LogP contribution in [-0.2, 0) is 11.4 Å². The Hall–Kier alpha value is -2.84. The second kappa shape index (κ2) is 7.53. The average molecular weight is 399 g/mol. The van der Waals surface area contributed by atoms with E-state index < -0.39 is 0 Å². The highest BCUT2D eigenvalue weighted by molar-refractivity contribution is 5.96. The quantitative estimate of drug-likeness (QED) is 0.721. The number of nitrogens with zero attached hydrogens (tertiary/aromatic N) is 4. The molecule has 4 rings (SSSR count). The molecule has 29 heavy (non-hydrogen) atoms. The number of rotatable bonds is 4. The molecule has 3 heterocycles. The number of carbonyl (C=O) groups is 1. The van der Waals surface area contributed by atoms with E-state index in [1.54, 1.807) is 29.8 Å². The molecule has 8 nitrogen and oxygen atoms in total. The number of aryl methyl sites for hydroxylation is 1. The number of quaternary nitrogens is 1. The maximum absolute atomic E-state index is 13.3. The SMILES string of the molecule is CO[N+]1(C)CCN2CN(CC1)n1cc(C)c(=O)c(OCc3ccccc3)c1C2=O. The van der Waals surface area contributed by atoms with Gasteiger partial charge in [-0.05, 0) is 12.5 Å². The van der Waals surface area contributed by atoms with Gasteiger partial charge in [-0.25, -0.2) is 4.84 Å². The lowest BCUT2D eigenvalue weighted by molar-refractivity contribution is -1.09. The maximum Gasteiger partial charge on any atom is 0.278 e. The molecule has 0 N–H and O–H groups in total. The highest BCUT2D eigenvalue weighted by Gasteiger charge is 2.38. The van der Waals surface area contributed by atoms with Crippen LogP contribution in [0.2, 0.25) is 0 Å². The minimum Gasteiger partial charge on any atom is -0.482 e. The number of aromatic nitrogens is 1. The fourth-order valence-electron chi connectivity index (χ4n) is 3.76. The topological polar surface area (TPSA) is 64.0 Å². The molecule has 2 bridgehead atoms. The van der Waals surface area contributed by atoms with Crippen LogP contribution < -0.4 is 15.2 Å². The molecule has 2 aliphatic heterocycles. The summed E-state index contributed by atoms with van der Waals surface area (Å²) < 4.78 is 8.15. The number of hydrogen-bond donors (Lipinski definition) is 0. The fraction of sp³-hybridized carbons (Fsp3) is 0.429. The summed E-state index contributed by atoms with van der Waals surface area (Å²) in [6, 6.07) is 9.63. The van der Waals surface area contributed by atoms with Crippen LogP contribution in [0.15, 0.2) is 41.3 Å². The summed E-state index contributed by atoms with van der Waals surface area (Å²) in [6.45, 7) is 5.15. The summed E-state index contributed by atoms with van der Waals surface area (Å²) in [5, 5.41) is 2.06. The van der Waals surface area contributed by atoms with Gasteiger partial charge >= 0.3 is 0 Å². The average Bonchev–Trinajstić information content (AvgIpc) is 2.72. The molecule has 0 radical (unpaired) electrons. The predicted molar refractivity (Wildman–Crippen MR) is 108 cm³/mol. The van der Waals surface area contributed by atoms with Gasteiger partial charge in [0.1, 0.15) is 26.4 Å². The number of likely N-dealkylation sites (N-methyl/N-ethyl adjacent to an activating group) is 1. The summed E-state index contributed by atoms with van der Waals surface area (Å²) in [4.78, 5) is 33.6. The minimum absolute atomic E-state index is 0.123. The smallest absolute Gasteiger partial charge is 0.278 e. The van der Waals surface area contributed by atoms with Crippen molar-refractivity contribution < 1.29 is 19.0 Å². The van der Waals surface area contributed by atoms with Crippen LogP contribution in [0.25, 0.3) is 0 Å². The highest BCUT2D eigenvalue weighted by atomic mass is 16.7. The summed E-state index contributed by atoms with van der Waals surface area (Å²) in [7, 11) is 3.70. The van der Waals surface area contributed by atoms with Crippen molar-refractivity contribution in [2.45, 2.75) is 13.5 Å². The largest absolute Gasteiger partial charge is 0.482 e. The van der Waals surface area contributed by atoms with Crippen molar-refractivity contribution in [3.8, 4) is 5.75 Å². The Morgan fingerprint density at radius 2 is 1.83 bits per heavy atom. The van der Waals surface area contributed by atoms with Crippen LogP contribution in [0.4, 0.5) is 0 Å². The predicted octanol–water partition coefficient (Wildman–Crippen LogP) is 1.11. The molecular weight excluding hydrogens is 372 g/mol. The number of hydrogen-bond acceptors (Lipinski definition) is 5. The van der Waals surface area contributed by atoms with Crippen molar-refractivity contribution in [2.75, 3.05) is 52.0 Å². The molecule has 1 aromatic carbocycles. The Morgan fingerprint density at radius 3 is 2.55 bits per heavy atom. The van der Waals surface area contributed by atoms with Gasteiger partial charge in [-0.3, -0.25) is 19.3 Å². The number of fused-ring (bicyclic) bond motifs is 4. The number of ether oxygens (including phenoxy) is 1. The molecule has 1 saturated heterocycles. The highest BCUT2D eigenvalue weighted by Crippen LogP contribution is 2.24. The first-order chi connectivity index (χ1) is 13.9. The van der Waals surface area contributed by atoms with Crippen molar-refractivity contribution in [3.05, 3.63) is 63.6 Å². The van der Waals surface area contributed by atoms with Crippen LogP contribution in [-0.4, -0.2) is 67.1 Å². The van der Waals surface area contributed by atoms with Crippen LogP contribution in [0.1, 0.15) is 21.6 Å². The van der Waals surface area contributed by atoms with E-state index in [-0.39, 0.29) is 23.7 Å². The third-order valence-electron chi connectivity index (χ3n) is 5.79. The zero-order chi connectivity index (χ0) is 20.6. The lowest BCUT2D eigenvalue weighted by atomic mass is 10.2. The first-order valence-corrected chi connectivity index (χ1v) is 9.79. The summed E-state index contributed by atoms with van der Waals surface area (Å²) in [6.07, 6.45) is 1.74. The van der Waals surface area contributed by atoms with E-state index in [2.05, 4.69) is 5.01 Å². The van der Waals surface area contributed by atoms with Gasteiger partial charge in [0.2, 0.25) is 5.43 Å². The van der Waals surface area contributed by atoms with E-state index in [9.17, 15) is 9.59 Å². The molecule has 1 amide bonds. The number of pyridine rings is 1. The third kappa shape index (κ3) is 3.61. The molecule has 0 saturated carbocycles.